The highest BCUT2D eigenvalue weighted by Gasteiger charge is 2.22. The Morgan fingerprint density at radius 3 is 2.70 bits per heavy atom. The fourth-order valence-electron chi connectivity index (χ4n) is 3.75. The molecule has 2 unspecified atom stereocenters. The highest BCUT2D eigenvalue weighted by molar-refractivity contribution is 6.30. The number of nitrogen functional groups attached to an aromatic ring is 1. The lowest BCUT2D eigenvalue weighted by atomic mass is 9.98. The number of aromatic nitrogens is 3. The van der Waals surface area contributed by atoms with Gasteiger partial charge >= 0.3 is 0 Å². The Labute approximate surface area is 195 Å². The van der Waals surface area contributed by atoms with E-state index in [2.05, 4.69) is 15.4 Å². The average molecular weight is 468 g/mol. The van der Waals surface area contributed by atoms with Crippen LogP contribution in [0.4, 0.5) is 10.3 Å². The maximum Gasteiger partial charge on any atom is 0.254 e. The lowest BCUT2D eigenvalue weighted by molar-refractivity contribution is 0.0912. The van der Waals surface area contributed by atoms with Crippen molar-refractivity contribution in [3.05, 3.63) is 82.3 Å². The zero-order chi connectivity index (χ0) is 23.7. The van der Waals surface area contributed by atoms with Gasteiger partial charge in [-0.25, -0.2) is 8.91 Å². The number of benzene rings is 2. The lowest BCUT2D eigenvalue weighted by Crippen LogP contribution is -2.34. The number of aliphatic hydroxyl groups is 1. The van der Waals surface area contributed by atoms with Crippen molar-refractivity contribution in [3.8, 4) is 11.1 Å². The number of nitrogens with one attached hydrogen (secondary N) is 1. The molecule has 2 aromatic carbocycles. The summed E-state index contributed by atoms with van der Waals surface area (Å²) in [5.41, 5.74) is 8.07. The second-order valence-electron chi connectivity index (χ2n) is 7.98. The third-order valence-corrected chi connectivity index (χ3v) is 5.70. The largest absolute Gasteiger partial charge is 0.388 e. The SMILES string of the molecule is Cc1ccc(-c2ccn3nc(N)nc3c2)c(F)c1C(=O)NC(C)CC(O)c1ccc(Cl)cc1. The van der Waals surface area contributed by atoms with Gasteiger partial charge in [-0.05, 0) is 61.2 Å². The van der Waals surface area contributed by atoms with E-state index in [1.165, 1.54) is 4.52 Å². The van der Waals surface area contributed by atoms with Crippen molar-refractivity contribution in [2.45, 2.75) is 32.4 Å². The smallest absolute Gasteiger partial charge is 0.254 e. The van der Waals surface area contributed by atoms with Crippen molar-refractivity contribution < 1.29 is 14.3 Å². The standard InChI is InChI=1S/C24H23ClFN5O2/c1-13-3-8-18(16-9-10-31-20(12-16)29-24(27)30-31)22(26)21(13)23(33)28-14(2)11-19(32)15-4-6-17(25)7-5-15/h3-10,12,14,19,32H,11H2,1-2H3,(H2,27,30)(H,28,33). The first kappa shape index (κ1) is 22.7. The lowest BCUT2D eigenvalue weighted by Gasteiger charge is -2.19. The summed E-state index contributed by atoms with van der Waals surface area (Å²) in [5.74, 6) is -1.06. The molecule has 0 bridgehead atoms. The molecule has 4 aromatic rings. The third kappa shape index (κ3) is 4.81. The van der Waals surface area contributed by atoms with Crippen molar-refractivity contribution in [2.75, 3.05) is 5.73 Å². The molecule has 2 heterocycles. The molecule has 170 valence electrons. The van der Waals surface area contributed by atoms with Gasteiger partial charge in [-0.3, -0.25) is 4.79 Å². The minimum Gasteiger partial charge on any atom is -0.388 e. The van der Waals surface area contributed by atoms with E-state index >= 15 is 4.39 Å². The topological polar surface area (TPSA) is 106 Å². The first-order valence-electron chi connectivity index (χ1n) is 10.4. The Morgan fingerprint density at radius 1 is 1.24 bits per heavy atom. The number of anilines is 1. The number of pyridine rings is 1. The van der Waals surface area contributed by atoms with Crippen molar-refractivity contribution >= 4 is 29.1 Å². The second-order valence-corrected chi connectivity index (χ2v) is 8.42. The van der Waals surface area contributed by atoms with Gasteiger partial charge in [0.1, 0.15) is 5.82 Å². The summed E-state index contributed by atoms with van der Waals surface area (Å²) in [7, 11) is 0. The summed E-state index contributed by atoms with van der Waals surface area (Å²) in [6.45, 7) is 3.44. The summed E-state index contributed by atoms with van der Waals surface area (Å²) in [6, 6.07) is 13.1. The predicted molar refractivity (Wildman–Crippen MR) is 125 cm³/mol. The van der Waals surface area contributed by atoms with Gasteiger partial charge in [-0.15, -0.1) is 5.10 Å². The van der Waals surface area contributed by atoms with E-state index < -0.39 is 23.9 Å². The van der Waals surface area contributed by atoms with Gasteiger partial charge in [-0.2, -0.15) is 4.98 Å². The molecule has 7 nitrogen and oxygen atoms in total. The van der Waals surface area contributed by atoms with Crippen molar-refractivity contribution in [1.29, 1.82) is 0 Å². The van der Waals surface area contributed by atoms with E-state index in [0.29, 0.717) is 27.4 Å². The van der Waals surface area contributed by atoms with Crippen LogP contribution in [0.3, 0.4) is 0 Å². The molecule has 4 N–H and O–H groups in total. The number of amides is 1. The minimum absolute atomic E-state index is 0.0406. The van der Waals surface area contributed by atoms with Gasteiger partial charge in [0.2, 0.25) is 5.95 Å². The van der Waals surface area contributed by atoms with Crippen LogP contribution in [-0.4, -0.2) is 31.7 Å². The van der Waals surface area contributed by atoms with Crippen molar-refractivity contribution in [2.24, 2.45) is 0 Å². The molecule has 0 aliphatic carbocycles. The number of rotatable bonds is 6. The second kappa shape index (κ2) is 9.17. The Hall–Kier alpha value is -3.49. The number of aliphatic hydroxyl groups excluding tert-OH is 1. The molecule has 0 saturated carbocycles. The van der Waals surface area contributed by atoms with Crippen LogP contribution in [0, 0.1) is 12.7 Å². The number of nitrogens with zero attached hydrogens (tertiary/aromatic N) is 3. The van der Waals surface area contributed by atoms with Gasteiger partial charge in [-0.1, -0.05) is 35.9 Å². The fourth-order valence-corrected chi connectivity index (χ4v) is 3.88. The van der Waals surface area contributed by atoms with Gasteiger partial charge in [0.25, 0.3) is 5.91 Å². The highest BCUT2D eigenvalue weighted by Crippen LogP contribution is 2.28. The summed E-state index contributed by atoms with van der Waals surface area (Å²) in [5, 5.41) is 17.8. The Morgan fingerprint density at radius 2 is 1.97 bits per heavy atom. The summed E-state index contributed by atoms with van der Waals surface area (Å²) >= 11 is 5.89. The van der Waals surface area contributed by atoms with E-state index in [0.717, 1.165) is 0 Å². The van der Waals surface area contributed by atoms with Gasteiger partial charge < -0.3 is 16.2 Å². The van der Waals surface area contributed by atoms with E-state index in [-0.39, 0.29) is 23.5 Å². The molecule has 0 aliphatic rings. The first-order chi connectivity index (χ1) is 15.7. The molecule has 33 heavy (non-hydrogen) atoms. The van der Waals surface area contributed by atoms with E-state index in [1.54, 1.807) is 68.6 Å². The predicted octanol–water partition coefficient (Wildman–Crippen LogP) is 4.32. The number of nitrogens with two attached hydrogens (primary N) is 1. The molecule has 0 spiro atoms. The van der Waals surface area contributed by atoms with E-state index in [4.69, 9.17) is 17.3 Å². The number of fused-ring (bicyclic) bond motifs is 1. The molecular weight excluding hydrogens is 445 g/mol. The van der Waals surface area contributed by atoms with E-state index in [1.807, 2.05) is 0 Å². The van der Waals surface area contributed by atoms with Crippen LogP contribution in [0.5, 0.6) is 0 Å². The number of halogens is 2. The third-order valence-electron chi connectivity index (χ3n) is 5.45. The maximum absolute atomic E-state index is 15.5. The number of aryl methyl sites for hydroxylation is 1. The molecule has 0 fully saturated rings. The molecule has 4 rings (SSSR count). The Balaban J connectivity index is 1.55. The van der Waals surface area contributed by atoms with Crippen molar-refractivity contribution in [1.82, 2.24) is 19.9 Å². The zero-order valence-electron chi connectivity index (χ0n) is 18.1. The first-order valence-corrected chi connectivity index (χ1v) is 10.8. The number of hydrogen-bond acceptors (Lipinski definition) is 5. The van der Waals surface area contributed by atoms with Gasteiger partial charge in [0, 0.05) is 22.8 Å². The monoisotopic (exact) mass is 467 g/mol. The molecule has 2 aromatic heterocycles. The normalized spacial score (nSPS) is 13.1. The summed E-state index contributed by atoms with van der Waals surface area (Å²) in [4.78, 5) is 17.1. The van der Waals surface area contributed by atoms with Crippen LogP contribution in [0.2, 0.25) is 5.02 Å². The molecule has 0 radical (unpaired) electrons. The summed E-state index contributed by atoms with van der Waals surface area (Å²) < 4.78 is 17.0. The maximum atomic E-state index is 15.5. The van der Waals surface area contributed by atoms with Crippen LogP contribution in [0.1, 0.15) is 40.9 Å². The van der Waals surface area contributed by atoms with Gasteiger partial charge in [0.15, 0.2) is 5.65 Å². The quantitative estimate of drug-likeness (QED) is 0.391. The number of carbonyl (C=O) groups excluding carboxylic acids is 1. The molecule has 0 aliphatic heterocycles. The molecule has 9 heteroatoms. The highest BCUT2D eigenvalue weighted by atomic mass is 35.5. The van der Waals surface area contributed by atoms with Gasteiger partial charge in [0.05, 0.1) is 11.7 Å². The number of carbonyl (C=O) groups is 1. The number of hydrogen-bond donors (Lipinski definition) is 3. The average Bonchev–Trinajstić information content (AvgIpc) is 3.13. The van der Waals surface area contributed by atoms with Crippen LogP contribution in [0.15, 0.2) is 54.7 Å². The van der Waals surface area contributed by atoms with Crippen molar-refractivity contribution in [3.63, 3.8) is 0 Å². The van der Waals surface area contributed by atoms with Crippen LogP contribution < -0.4 is 11.1 Å². The molecular formula is C24H23ClFN5O2. The van der Waals surface area contributed by atoms with Crippen LogP contribution in [-0.2, 0) is 0 Å². The van der Waals surface area contributed by atoms with Crippen LogP contribution in [0.25, 0.3) is 16.8 Å². The Kier molecular flexibility index (Phi) is 6.31. The van der Waals surface area contributed by atoms with E-state index in [9.17, 15) is 9.90 Å². The molecule has 1 amide bonds. The Bertz CT molecular complexity index is 1320. The van der Waals surface area contributed by atoms with Crippen LogP contribution >= 0.6 is 11.6 Å². The molecule has 2 atom stereocenters. The molecule has 0 saturated heterocycles. The zero-order valence-corrected chi connectivity index (χ0v) is 18.8. The minimum atomic E-state index is -0.794. The fraction of sp³-hybridized carbons (Fsp3) is 0.208. The summed E-state index contributed by atoms with van der Waals surface area (Å²) in [6.07, 6.45) is 1.10.